The molecule has 546 valence electrons. The fourth-order valence-electron chi connectivity index (χ4n) is 11.0. The first-order valence-electron chi connectivity index (χ1n) is 33.0. The highest BCUT2D eigenvalue weighted by molar-refractivity contribution is 6.00. The van der Waals surface area contributed by atoms with Crippen molar-refractivity contribution in [2.24, 2.45) is 29.2 Å². The van der Waals surface area contributed by atoms with Gasteiger partial charge in [-0.3, -0.25) is 62.3 Å². The van der Waals surface area contributed by atoms with Crippen molar-refractivity contribution in [1.29, 1.82) is 0 Å². The molecular formula is C66H98N14O19. The number of carboxylic acids is 2. The second kappa shape index (κ2) is 39.7. The van der Waals surface area contributed by atoms with Gasteiger partial charge in [-0.05, 0) is 93.7 Å². The van der Waals surface area contributed by atoms with Gasteiger partial charge in [0.15, 0.2) is 0 Å². The maximum Gasteiger partial charge on any atom is 0.326 e. The van der Waals surface area contributed by atoms with Gasteiger partial charge >= 0.3 is 11.9 Å². The lowest BCUT2D eigenvalue weighted by molar-refractivity contribution is -0.143. The predicted octanol–water partition coefficient (Wildman–Crippen LogP) is -3.14. The number of rotatable bonds is 41. The highest BCUT2D eigenvalue weighted by atomic mass is 16.4. The van der Waals surface area contributed by atoms with E-state index < -0.39 is 187 Å². The standard InChI is InChI=1S/C66H98N14O19/c1-33(2)25-44(57(89)73-43(66(98)99)20-22-51(67)84)74-59(91)47(29-39-30-69-41-18-13-12-17-40(39)41)71-52(85)31-70-62(94)50-19-14-24-80(50)65(97)48(27-35(5)6)77-56(88)42(21-23-53(86)87)72-61(93)49(32-81)78-64(96)55(37(8)83)79-60(92)45(26-34(3)4)75-58(90)46(28-38-15-10-9-11-16-38)76-63(95)54(68)36(7)82/h9-13,15-18,30,33-37,42-50,54-55,69,81-83H,14,19-29,31-32,68H2,1-8H3,(H2,67,84)(H,70,94)(H,71,85)(H,72,93)(H,73,89)(H,74,91)(H,75,90)(H,76,95)(H,77,88)(H,78,96)(H,79,92)(H,86,87)(H,98,99)/t36-,37-,42+,43+,44+,45+,46+,47+,48+,49+,50+,54+,55+/m1/s1. The molecule has 1 saturated heterocycles. The summed E-state index contributed by atoms with van der Waals surface area (Å²) in [6.45, 7) is 10.9. The van der Waals surface area contributed by atoms with E-state index >= 15 is 0 Å². The van der Waals surface area contributed by atoms with E-state index in [1.54, 1.807) is 102 Å². The zero-order chi connectivity index (χ0) is 74.0. The molecule has 1 aromatic heterocycles. The van der Waals surface area contributed by atoms with E-state index in [0.29, 0.717) is 22.0 Å². The molecule has 99 heavy (non-hydrogen) atoms. The molecule has 0 radical (unpaired) electrons. The third kappa shape index (κ3) is 26.6. The van der Waals surface area contributed by atoms with Crippen molar-refractivity contribution >= 4 is 93.7 Å². The molecular weight excluding hydrogens is 1290 g/mol. The molecule has 0 spiro atoms. The monoisotopic (exact) mass is 1390 g/mol. The number of aromatic amines is 1. The van der Waals surface area contributed by atoms with Crippen LogP contribution in [0.3, 0.4) is 0 Å². The van der Waals surface area contributed by atoms with E-state index in [2.05, 4.69) is 58.2 Å². The molecule has 1 aliphatic rings. The first-order chi connectivity index (χ1) is 46.6. The van der Waals surface area contributed by atoms with Crippen molar-refractivity contribution in [2.75, 3.05) is 19.7 Å². The maximum absolute atomic E-state index is 14.6. The third-order valence-corrected chi connectivity index (χ3v) is 16.2. The minimum absolute atomic E-state index is 0.00206. The van der Waals surface area contributed by atoms with Crippen LogP contribution in [0.15, 0.2) is 60.8 Å². The summed E-state index contributed by atoms with van der Waals surface area (Å²) in [6, 6.07) is -0.959. The number of H-pyrrole nitrogens is 1. The van der Waals surface area contributed by atoms with Gasteiger partial charge in [0.25, 0.3) is 0 Å². The number of nitrogens with one attached hydrogen (secondary N) is 11. The van der Waals surface area contributed by atoms with Crippen molar-refractivity contribution in [1.82, 2.24) is 63.1 Å². The van der Waals surface area contributed by atoms with Gasteiger partial charge in [-0.15, -0.1) is 0 Å². The molecule has 2 heterocycles. The van der Waals surface area contributed by atoms with Crippen molar-refractivity contribution < 1.29 is 92.7 Å². The SMILES string of the molecule is CC(C)C[C@H](NC(=O)[C@H](Cc1c[nH]c2ccccc12)NC(=O)CNC(=O)[C@@H]1CCCN1C(=O)[C@H](CC(C)C)NC(=O)[C@H](CCC(=O)O)NC(=O)[C@H](CO)NC(=O)[C@@H](NC(=O)[C@H](CC(C)C)NC(=O)[C@H](Cc1ccccc1)NC(=O)[C@@H](N)[C@@H](C)O)[C@@H](C)O)C(=O)N[C@@H](CCC(N)=O)C(=O)O. The van der Waals surface area contributed by atoms with Crippen LogP contribution >= 0.6 is 0 Å². The quantitative estimate of drug-likeness (QED) is 0.0267. The molecule has 0 aliphatic carbocycles. The number of primary amides is 1. The molecule has 0 bridgehead atoms. The minimum Gasteiger partial charge on any atom is -0.481 e. The van der Waals surface area contributed by atoms with Crippen molar-refractivity contribution in [2.45, 2.75) is 205 Å². The van der Waals surface area contributed by atoms with E-state index in [1.165, 1.54) is 11.8 Å². The van der Waals surface area contributed by atoms with Crippen LogP contribution in [0.5, 0.6) is 0 Å². The van der Waals surface area contributed by atoms with E-state index in [4.69, 9.17) is 11.5 Å². The second-order valence-electron chi connectivity index (χ2n) is 26.0. The number of hydrogen-bond acceptors (Lipinski definition) is 18. The Hall–Kier alpha value is -9.60. The van der Waals surface area contributed by atoms with Crippen LogP contribution in [0, 0.1) is 17.8 Å². The lowest BCUT2D eigenvalue weighted by Gasteiger charge is -2.31. The Bertz CT molecular complexity index is 3310. The summed E-state index contributed by atoms with van der Waals surface area (Å²) in [7, 11) is 0. The molecule has 4 rings (SSSR count). The van der Waals surface area contributed by atoms with Gasteiger partial charge in [0.05, 0.1) is 25.4 Å². The van der Waals surface area contributed by atoms with Crippen molar-refractivity contribution in [3.05, 3.63) is 71.9 Å². The number of aliphatic carboxylic acids is 2. The number of hydrogen-bond donors (Lipinski definition) is 18. The van der Waals surface area contributed by atoms with Gasteiger partial charge in [-0.1, -0.05) is 90.1 Å². The third-order valence-electron chi connectivity index (χ3n) is 16.2. The number of aromatic nitrogens is 1. The molecule has 12 amide bonds. The summed E-state index contributed by atoms with van der Waals surface area (Å²) >= 11 is 0. The number of nitrogens with zero attached hydrogens (tertiary/aromatic N) is 1. The molecule has 33 heteroatoms. The van der Waals surface area contributed by atoms with Gasteiger partial charge in [0.1, 0.15) is 66.5 Å². The summed E-state index contributed by atoms with van der Waals surface area (Å²) in [5.41, 5.74) is 13.0. The number of nitrogens with two attached hydrogens (primary N) is 2. The first-order valence-corrected chi connectivity index (χ1v) is 33.0. The number of carbonyl (C=O) groups excluding carboxylic acids is 12. The molecule has 1 aliphatic heterocycles. The van der Waals surface area contributed by atoms with Crippen LogP contribution < -0.4 is 64.6 Å². The minimum atomic E-state index is -1.93. The Morgan fingerprint density at radius 1 is 0.545 bits per heavy atom. The summed E-state index contributed by atoms with van der Waals surface area (Å²) < 4.78 is 0. The number of aliphatic hydroxyl groups is 3. The zero-order valence-corrected chi connectivity index (χ0v) is 57.0. The van der Waals surface area contributed by atoms with Crippen LogP contribution in [0.2, 0.25) is 0 Å². The van der Waals surface area contributed by atoms with Crippen LogP contribution in [-0.2, 0) is 80.0 Å². The Labute approximate surface area is 573 Å². The molecule has 1 fully saturated rings. The number of likely N-dealkylation sites (tertiary alicyclic amines) is 1. The van der Waals surface area contributed by atoms with Crippen molar-refractivity contribution in [3.8, 4) is 0 Å². The highest BCUT2D eigenvalue weighted by Crippen LogP contribution is 2.23. The maximum atomic E-state index is 14.6. The fraction of sp³-hybridized carbons (Fsp3) is 0.576. The Morgan fingerprint density at radius 2 is 1.03 bits per heavy atom. The largest absolute Gasteiger partial charge is 0.481 e. The number of aliphatic hydroxyl groups excluding tert-OH is 3. The Kier molecular flexibility index (Phi) is 32.8. The number of benzene rings is 2. The lowest BCUT2D eigenvalue weighted by Crippen LogP contribution is -2.62. The molecule has 20 N–H and O–H groups in total. The number of amides is 12. The van der Waals surface area contributed by atoms with E-state index in [0.717, 1.165) is 6.92 Å². The van der Waals surface area contributed by atoms with Crippen LogP contribution in [0.1, 0.15) is 124 Å². The van der Waals surface area contributed by atoms with Crippen molar-refractivity contribution in [3.63, 3.8) is 0 Å². The number of para-hydroxylation sites is 1. The molecule has 33 nitrogen and oxygen atoms in total. The molecule has 0 saturated carbocycles. The van der Waals surface area contributed by atoms with Gasteiger partial charge < -0.3 is 100 Å². The second-order valence-corrected chi connectivity index (χ2v) is 26.0. The van der Waals surface area contributed by atoms with Gasteiger partial charge in [-0.25, -0.2) is 4.79 Å². The molecule has 3 aromatic rings. The van der Waals surface area contributed by atoms with Gasteiger partial charge in [0.2, 0.25) is 70.9 Å². The summed E-state index contributed by atoms with van der Waals surface area (Å²) in [5.74, 6) is -14.9. The first kappa shape index (κ1) is 81.8. The molecule has 13 atom stereocenters. The van der Waals surface area contributed by atoms with Gasteiger partial charge in [-0.2, -0.15) is 0 Å². The summed E-state index contributed by atoms with van der Waals surface area (Å²) in [4.78, 5) is 193. The lowest BCUT2D eigenvalue weighted by atomic mass is 10.00. The number of carboxylic acid groups (broad SMARTS) is 2. The van der Waals surface area contributed by atoms with Crippen LogP contribution in [-0.4, -0.2) is 217 Å². The molecule has 0 unspecified atom stereocenters. The highest BCUT2D eigenvalue weighted by Gasteiger charge is 2.41. The van der Waals surface area contributed by atoms with E-state index in [1.807, 2.05) is 0 Å². The summed E-state index contributed by atoms with van der Waals surface area (Å²) in [5, 5.41) is 76.1. The normalized spacial score (nSPS) is 16.6. The van der Waals surface area contributed by atoms with E-state index in [9.17, 15) is 92.7 Å². The zero-order valence-electron chi connectivity index (χ0n) is 57.0. The van der Waals surface area contributed by atoms with Crippen LogP contribution in [0.4, 0.5) is 0 Å². The Balaban J connectivity index is 1.49. The molecule has 2 aromatic carbocycles. The number of fused-ring (bicyclic) bond motifs is 1. The topological polar surface area (TPSA) is 531 Å². The van der Waals surface area contributed by atoms with Crippen LogP contribution in [0.25, 0.3) is 10.9 Å². The average molecular weight is 1390 g/mol. The number of carbonyl (C=O) groups is 14. The summed E-state index contributed by atoms with van der Waals surface area (Å²) in [6.07, 6.45) is -3.26. The smallest absolute Gasteiger partial charge is 0.326 e. The average Bonchev–Trinajstić information content (AvgIpc) is 1.73. The van der Waals surface area contributed by atoms with E-state index in [-0.39, 0.29) is 82.1 Å². The fourth-order valence-corrected chi connectivity index (χ4v) is 11.0. The predicted molar refractivity (Wildman–Crippen MR) is 357 cm³/mol. The Morgan fingerprint density at radius 3 is 1.59 bits per heavy atom. The van der Waals surface area contributed by atoms with Gasteiger partial charge in [0, 0.05) is 49.3 Å².